The number of benzene rings is 9. The van der Waals surface area contributed by atoms with Crippen LogP contribution in [-0.4, -0.2) is 11.3 Å². The van der Waals surface area contributed by atoms with E-state index in [1.807, 2.05) is 0 Å². The van der Waals surface area contributed by atoms with Crippen LogP contribution in [0.1, 0.15) is 22.3 Å². The van der Waals surface area contributed by atoms with Crippen molar-refractivity contribution in [2.75, 3.05) is 0 Å². The predicted octanol–water partition coefficient (Wildman–Crippen LogP) is 11.5. The van der Waals surface area contributed by atoms with Gasteiger partial charge in [0.25, 0.3) is 6.71 Å². The molecule has 0 unspecified atom stereocenters. The molecule has 3 heterocycles. The van der Waals surface area contributed by atoms with Crippen LogP contribution in [0.4, 0.5) is 0 Å². The quantitative estimate of drug-likeness (QED) is 0.164. The third kappa shape index (κ3) is 3.89. The molecule has 14 rings (SSSR count). The SMILES string of the molecule is c1ccc(-c2c(-n3c4ccccc4c4cc5c(cc43)C3(c4ccccc4-c4ccccc43)c3ccccc3-5)cc3c4c2Oc2ccccc2B4c2ccccc2O3)cc1. The van der Waals surface area contributed by atoms with Crippen molar-refractivity contribution in [3.63, 3.8) is 0 Å². The summed E-state index contributed by atoms with van der Waals surface area (Å²) in [6.07, 6.45) is 0. The molecule has 2 aliphatic carbocycles. The molecule has 10 aromatic rings. The molecule has 3 nitrogen and oxygen atoms in total. The summed E-state index contributed by atoms with van der Waals surface area (Å²) in [5, 5.41) is 2.42. The van der Waals surface area contributed by atoms with Crippen molar-refractivity contribution >= 4 is 44.9 Å². The van der Waals surface area contributed by atoms with Crippen LogP contribution in [0.15, 0.2) is 194 Å². The van der Waals surface area contributed by atoms with Crippen molar-refractivity contribution in [2.24, 2.45) is 0 Å². The lowest BCUT2D eigenvalue weighted by Crippen LogP contribution is -2.57. The molecular weight excluding hydrogens is 717 g/mol. The molecule has 9 aromatic carbocycles. The Morgan fingerprint density at radius 1 is 0.407 bits per heavy atom. The van der Waals surface area contributed by atoms with Crippen molar-refractivity contribution in [3.8, 4) is 62.1 Å². The van der Waals surface area contributed by atoms with Gasteiger partial charge in [-0.1, -0.05) is 158 Å². The first-order chi connectivity index (χ1) is 29.3. The maximum Gasteiger partial charge on any atom is 0.260 e. The number of hydrogen-bond acceptors (Lipinski definition) is 2. The van der Waals surface area contributed by atoms with Crippen molar-refractivity contribution in [1.82, 2.24) is 4.57 Å². The van der Waals surface area contributed by atoms with Crippen LogP contribution in [0.2, 0.25) is 0 Å². The summed E-state index contributed by atoms with van der Waals surface area (Å²) in [6.45, 7) is -0.0336. The topological polar surface area (TPSA) is 23.4 Å². The Hall–Kier alpha value is -7.56. The minimum Gasteiger partial charge on any atom is -0.458 e. The number of ether oxygens (including phenoxy) is 2. The summed E-state index contributed by atoms with van der Waals surface area (Å²) >= 11 is 0. The van der Waals surface area contributed by atoms with E-state index in [2.05, 4.69) is 199 Å². The molecule has 0 radical (unpaired) electrons. The molecule has 272 valence electrons. The average molecular weight is 750 g/mol. The van der Waals surface area contributed by atoms with Gasteiger partial charge in [-0.15, -0.1) is 0 Å². The summed E-state index contributed by atoms with van der Waals surface area (Å²) in [5.41, 5.74) is 18.8. The molecule has 0 bridgehead atoms. The van der Waals surface area contributed by atoms with Crippen LogP contribution in [-0.2, 0) is 5.41 Å². The van der Waals surface area contributed by atoms with Crippen molar-refractivity contribution in [1.29, 1.82) is 0 Å². The third-order valence-corrected chi connectivity index (χ3v) is 13.5. The molecule has 0 saturated heterocycles. The fourth-order valence-corrected chi connectivity index (χ4v) is 11.3. The second kappa shape index (κ2) is 11.3. The Bertz CT molecular complexity index is 3420. The Kier molecular flexibility index (Phi) is 6.04. The Morgan fingerprint density at radius 3 is 1.66 bits per heavy atom. The smallest absolute Gasteiger partial charge is 0.260 e. The monoisotopic (exact) mass is 749 g/mol. The highest BCUT2D eigenvalue weighted by molar-refractivity contribution is 6.98. The first-order valence-electron chi connectivity index (χ1n) is 20.5. The highest BCUT2D eigenvalue weighted by Crippen LogP contribution is 2.63. The molecule has 1 aromatic heterocycles. The van der Waals surface area contributed by atoms with E-state index in [4.69, 9.17) is 9.47 Å². The normalized spacial score (nSPS) is 14.1. The summed E-state index contributed by atoms with van der Waals surface area (Å²) in [7, 11) is 0. The summed E-state index contributed by atoms with van der Waals surface area (Å²) in [5.74, 6) is 3.42. The zero-order valence-corrected chi connectivity index (χ0v) is 31.8. The molecule has 0 atom stereocenters. The molecule has 0 N–H and O–H groups in total. The van der Waals surface area contributed by atoms with Gasteiger partial charge in [0.05, 0.1) is 22.1 Å². The van der Waals surface area contributed by atoms with E-state index in [-0.39, 0.29) is 6.71 Å². The lowest BCUT2D eigenvalue weighted by atomic mass is 9.34. The van der Waals surface area contributed by atoms with Crippen molar-refractivity contribution in [2.45, 2.75) is 5.41 Å². The maximum atomic E-state index is 7.16. The Morgan fingerprint density at radius 2 is 0.966 bits per heavy atom. The highest BCUT2D eigenvalue weighted by atomic mass is 16.5. The fraction of sp³-hybridized carbons (Fsp3) is 0.0182. The number of para-hydroxylation sites is 3. The summed E-state index contributed by atoms with van der Waals surface area (Å²) in [4.78, 5) is 0. The van der Waals surface area contributed by atoms with Crippen LogP contribution >= 0.6 is 0 Å². The minimum atomic E-state index is -0.467. The minimum absolute atomic E-state index is 0.0336. The molecule has 4 heteroatoms. The van der Waals surface area contributed by atoms with E-state index in [0.29, 0.717) is 0 Å². The van der Waals surface area contributed by atoms with E-state index in [1.54, 1.807) is 0 Å². The Balaban J connectivity index is 1.14. The lowest BCUT2D eigenvalue weighted by molar-refractivity contribution is 0.465. The fourth-order valence-electron chi connectivity index (χ4n) is 11.3. The second-order valence-electron chi connectivity index (χ2n) is 16.2. The van der Waals surface area contributed by atoms with E-state index < -0.39 is 5.41 Å². The van der Waals surface area contributed by atoms with Gasteiger partial charge in [-0.25, -0.2) is 0 Å². The van der Waals surface area contributed by atoms with Gasteiger partial charge >= 0.3 is 0 Å². The zero-order valence-electron chi connectivity index (χ0n) is 31.8. The third-order valence-electron chi connectivity index (χ3n) is 13.5. The molecule has 0 saturated carbocycles. The van der Waals surface area contributed by atoms with Crippen molar-refractivity contribution < 1.29 is 9.47 Å². The first-order valence-corrected chi connectivity index (χ1v) is 20.5. The first kappa shape index (κ1) is 31.5. The van der Waals surface area contributed by atoms with Gasteiger partial charge in [-0.3, -0.25) is 0 Å². The van der Waals surface area contributed by atoms with Crippen LogP contribution in [0.3, 0.4) is 0 Å². The number of fused-ring (bicyclic) bond motifs is 17. The average Bonchev–Trinajstić information content (AvgIpc) is 3.89. The van der Waals surface area contributed by atoms with Gasteiger partial charge in [0.1, 0.15) is 23.0 Å². The molecule has 0 amide bonds. The van der Waals surface area contributed by atoms with Gasteiger partial charge in [0, 0.05) is 27.9 Å². The van der Waals surface area contributed by atoms with E-state index >= 15 is 0 Å². The van der Waals surface area contributed by atoms with E-state index in [9.17, 15) is 0 Å². The van der Waals surface area contributed by atoms with Crippen LogP contribution in [0.25, 0.3) is 60.9 Å². The van der Waals surface area contributed by atoms with Gasteiger partial charge in [-0.2, -0.15) is 0 Å². The largest absolute Gasteiger partial charge is 0.458 e. The van der Waals surface area contributed by atoms with Gasteiger partial charge in [0.15, 0.2) is 0 Å². The number of rotatable bonds is 2. The van der Waals surface area contributed by atoms with Gasteiger partial charge < -0.3 is 14.0 Å². The van der Waals surface area contributed by atoms with Crippen molar-refractivity contribution in [3.05, 3.63) is 216 Å². The second-order valence-corrected chi connectivity index (χ2v) is 16.2. The van der Waals surface area contributed by atoms with E-state index in [1.165, 1.54) is 55.3 Å². The van der Waals surface area contributed by atoms with E-state index in [0.717, 1.165) is 67.2 Å². The summed E-state index contributed by atoms with van der Waals surface area (Å²) < 4.78 is 16.6. The van der Waals surface area contributed by atoms with Gasteiger partial charge in [-0.05, 0) is 91.3 Å². The Labute approximate surface area is 341 Å². The van der Waals surface area contributed by atoms with Crippen LogP contribution < -0.4 is 25.9 Å². The van der Waals surface area contributed by atoms with Gasteiger partial charge in [0.2, 0.25) is 0 Å². The molecule has 2 aliphatic heterocycles. The highest BCUT2D eigenvalue weighted by Gasteiger charge is 2.52. The summed E-state index contributed by atoms with van der Waals surface area (Å²) in [6, 6.07) is 71.0. The molecule has 4 aliphatic rings. The number of nitrogens with zero attached hydrogens (tertiary/aromatic N) is 1. The van der Waals surface area contributed by atoms with Crippen LogP contribution in [0.5, 0.6) is 23.0 Å². The zero-order chi connectivity index (χ0) is 38.4. The number of aromatic nitrogens is 1. The maximum absolute atomic E-state index is 7.16. The van der Waals surface area contributed by atoms with Crippen LogP contribution in [0, 0.1) is 0 Å². The number of hydrogen-bond donors (Lipinski definition) is 0. The molecule has 0 fully saturated rings. The predicted molar refractivity (Wildman–Crippen MR) is 240 cm³/mol. The molecule has 59 heavy (non-hydrogen) atoms. The standard InChI is InChI=1S/C55H32BNO2/c1-2-16-33(17-3-1)52-48(32-51-53-54(52)59-50-29-15-12-26-45(50)56(53)44-25-11-14-28-49(44)58-51)57-46-27-13-7-21-37(46)39-30-38-36-20-6-10-24-42(36)55(43(38)31-47(39)57)40-22-8-4-18-34(40)35-19-5-9-23-41(35)55/h1-32H. The molecular formula is C55H32BNO2. The lowest BCUT2D eigenvalue weighted by Gasteiger charge is -2.35. The molecule has 1 spiro atoms.